The summed E-state index contributed by atoms with van der Waals surface area (Å²) in [5, 5.41) is 10.6. The van der Waals surface area contributed by atoms with Crippen LogP contribution < -0.4 is 0 Å². The Hall–Kier alpha value is -3.50. The van der Waals surface area contributed by atoms with Crippen molar-refractivity contribution < 1.29 is 80.2 Å². The van der Waals surface area contributed by atoms with Crippen LogP contribution in [0, 0.1) is 0 Å². The van der Waals surface area contributed by atoms with Crippen molar-refractivity contribution in [3.05, 3.63) is 72.9 Å². The summed E-state index contributed by atoms with van der Waals surface area (Å²) in [6.07, 6.45) is 74.5. The smallest absolute Gasteiger partial charge is 0.462 e. The zero-order chi connectivity index (χ0) is 73.2. The molecule has 19 heteroatoms. The summed E-state index contributed by atoms with van der Waals surface area (Å²) < 4.78 is 68.6. The predicted octanol–water partition coefficient (Wildman–Crippen LogP) is 23.2. The molecule has 2 unspecified atom stereocenters. The lowest BCUT2D eigenvalue weighted by Gasteiger charge is -2.21. The lowest BCUT2D eigenvalue weighted by molar-refractivity contribution is -0.161. The zero-order valence-corrected chi connectivity index (χ0v) is 65.4. The van der Waals surface area contributed by atoms with Gasteiger partial charge in [-0.3, -0.25) is 37.3 Å². The Balaban J connectivity index is 5.37. The molecule has 0 rings (SSSR count). The largest absolute Gasteiger partial charge is 0.472 e. The van der Waals surface area contributed by atoms with Crippen molar-refractivity contribution in [2.75, 3.05) is 39.6 Å². The Bertz CT molecular complexity index is 2180. The molecule has 0 fully saturated rings. The van der Waals surface area contributed by atoms with E-state index in [1.807, 2.05) is 12.2 Å². The molecule has 0 saturated heterocycles. The number of ether oxygens (including phenoxy) is 4. The highest BCUT2D eigenvalue weighted by molar-refractivity contribution is 7.47. The fourth-order valence-corrected chi connectivity index (χ4v) is 12.5. The normalized spacial score (nSPS) is 14.3. The summed E-state index contributed by atoms with van der Waals surface area (Å²) in [6.45, 7) is 4.81. The molecule has 0 aliphatic heterocycles. The zero-order valence-electron chi connectivity index (χ0n) is 63.6. The van der Waals surface area contributed by atoms with Crippen LogP contribution in [0.4, 0.5) is 0 Å². The van der Waals surface area contributed by atoms with Gasteiger partial charge in [0, 0.05) is 25.7 Å². The van der Waals surface area contributed by atoms with Gasteiger partial charge in [-0.15, -0.1) is 0 Å². The molecule has 0 amide bonds. The lowest BCUT2D eigenvalue weighted by Crippen LogP contribution is -2.30. The van der Waals surface area contributed by atoms with Gasteiger partial charge in [0.05, 0.1) is 26.4 Å². The second kappa shape index (κ2) is 73.8. The van der Waals surface area contributed by atoms with E-state index >= 15 is 0 Å². The maximum absolute atomic E-state index is 13.1. The van der Waals surface area contributed by atoms with E-state index in [0.29, 0.717) is 32.1 Å². The highest BCUT2D eigenvalue weighted by atomic mass is 31.2. The lowest BCUT2D eigenvalue weighted by atomic mass is 10.0. The van der Waals surface area contributed by atoms with Crippen LogP contribution in [-0.4, -0.2) is 96.7 Å². The van der Waals surface area contributed by atoms with Gasteiger partial charge in [0.2, 0.25) is 0 Å². The minimum Gasteiger partial charge on any atom is -0.462 e. The molecule has 0 aliphatic carbocycles. The quantitative estimate of drug-likeness (QED) is 0.0169. The van der Waals surface area contributed by atoms with Crippen LogP contribution in [0.5, 0.6) is 0 Å². The van der Waals surface area contributed by atoms with Crippen LogP contribution in [0.25, 0.3) is 0 Å². The number of allylic oxidation sites excluding steroid dienone is 12. The third kappa shape index (κ3) is 72.8. The first kappa shape index (κ1) is 96.5. The standard InChI is InChI=1S/C81H146O17P2/c1-5-9-13-17-21-25-29-33-36-37-40-43-46-50-54-58-62-66-79(84)92-71-76(97-80(85)67-63-59-55-51-47-41-32-28-24-20-16-12-8-4)73-95-99(87,88)93-69-75(82)70-94-100(89,90)96-74-77(98-81(86)68-64-60-56-52-48-44-39-35-31-27-23-19-15-11-7-3)72-91-78(83)65-61-57-53-49-45-42-38-34-30-26-22-18-14-10-6-2/h21,25-27,30-31,33,36,40,43,50,54,75-77,82H,5-20,22-24,28-29,32,34-35,37-39,41-42,44-49,51-53,55-74H2,1-4H3,(H,87,88)(H,89,90)/b25-21-,30-26-,31-27-,36-33-,43-40-,54-50-/t75-,76-,77-/m1/s1. The van der Waals surface area contributed by atoms with Crippen LogP contribution in [-0.2, 0) is 65.4 Å². The third-order valence-corrected chi connectivity index (χ3v) is 19.0. The Morgan fingerprint density at radius 2 is 0.500 bits per heavy atom. The number of aliphatic hydroxyl groups excluding tert-OH is 1. The summed E-state index contributed by atoms with van der Waals surface area (Å²) >= 11 is 0. The minimum atomic E-state index is -4.98. The molecule has 0 aromatic carbocycles. The van der Waals surface area contributed by atoms with E-state index in [2.05, 4.69) is 88.5 Å². The minimum absolute atomic E-state index is 0.0885. The van der Waals surface area contributed by atoms with Gasteiger partial charge < -0.3 is 33.8 Å². The van der Waals surface area contributed by atoms with Crippen LogP contribution in [0.1, 0.15) is 362 Å². The number of hydrogen-bond donors (Lipinski definition) is 3. The van der Waals surface area contributed by atoms with Crippen molar-refractivity contribution in [2.45, 2.75) is 380 Å². The van der Waals surface area contributed by atoms with Crippen LogP contribution in [0.3, 0.4) is 0 Å². The molecule has 3 N–H and O–H groups in total. The fourth-order valence-electron chi connectivity index (χ4n) is 11.0. The SMILES string of the molecule is CCCCC/C=C\C/C=C\C/C=C\C/C=C\CCCC(=O)OC[C@H](COP(=O)(O)OC[C@@H](O)COP(=O)(O)OC[C@@H](COC(=O)CCCCCCCCC/C=C\CCCCCC)OC(=O)CCCCCCCCC/C=C\CCCCCC)OC(=O)CCCCCCCCCCCCCCC. The van der Waals surface area contributed by atoms with Crippen LogP contribution >= 0.6 is 15.6 Å². The molecule has 0 bridgehead atoms. The highest BCUT2D eigenvalue weighted by Crippen LogP contribution is 2.45. The molecule has 582 valence electrons. The van der Waals surface area contributed by atoms with Crippen molar-refractivity contribution in [1.29, 1.82) is 0 Å². The summed E-state index contributed by atoms with van der Waals surface area (Å²) in [4.78, 5) is 72.9. The van der Waals surface area contributed by atoms with Gasteiger partial charge in [-0.05, 0) is 116 Å². The van der Waals surface area contributed by atoms with E-state index in [9.17, 15) is 43.2 Å². The molecule has 0 aliphatic rings. The van der Waals surface area contributed by atoms with Crippen molar-refractivity contribution in [2.24, 2.45) is 0 Å². The molecular weight excluding hydrogens is 1310 g/mol. The van der Waals surface area contributed by atoms with E-state index < -0.39 is 97.5 Å². The number of carbonyl (C=O) groups is 4. The molecule has 17 nitrogen and oxygen atoms in total. The number of phosphoric ester groups is 2. The Morgan fingerprint density at radius 1 is 0.280 bits per heavy atom. The van der Waals surface area contributed by atoms with Gasteiger partial charge in [-0.2, -0.15) is 0 Å². The predicted molar refractivity (Wildman–Crippen MR) is 409 cm³/mol. The van der Waals surface area contributed by atoms with Gasteiger partial charge >= 0.3 is 39.5 Å². The summed E-state index contributed by atoms with van der Waals surface area (Å²) in [7, 11) is -9.96. The van der Waals surface area contributed by atoms with E-state index in [4.69, 9.17) is 37.0 Å². The number of carbonyl (C=O) groups excluding carboxylic acids is 4. The van der Waals surface area contributed by atoms with Crippen molar-refractivity contribution in [1.82, 2.24) is 0 Å². The first-order chi connectivity index (χ1) is 48.7. The van der Waals surface area contributed by atoms with Gasteiger partial charge in [-0.25, -0.2) is 9.13 Å². The number of hydrogen-bond acceptors (Lipinski definition) is 15. The maximum Gasteiger partial charge on any atom is 0.472 e. The van der Waals surface area contributed by atoms with Crippen LogP contribution in [0.15, 0.2) is 72.9 Å². The van der Waals surface area contributed by atoms with Gasteiger partial charge in [0.15, 0.2) is 12.2 Å². The van der Waals surface area contributed by atoms with E-state index in [-0.39, 0.29) is 25.7 Å². The second-order valence-electron chi connectivity index (χ2n) is 27.0. The van der Waals surface area contributed by atoms with Gasteiger partial charge in [0.25, 0.3) is 0 Å². The molecule has 0 spiro atoms. The Labute approximate surface area is 609 Å². The second-order valence-corrected chi connectivity index (χ2v) is 29.9. The highest BCUT2D eigenvalue weighted by Gasteiger charge is 2.30. The molecule has 100 heavy (non-hydrogen) atoms. The topological polar surface area (TPSA) is 237 Å². The average Bonchev–Trinajstić information content (AvgIpc) is 0.965. The Morgan fingerprint density at radius 3 is 0.830 bits per heavy atom. The monoisotopic (exact) mass is 1450 g/mol. The van der Waals surface area contributed by atoms with E-state index in [1.54, 1.807) is 0 Å². The molecule has 0 saturated carbocycles. The maximum atomic E-state index is 13.1. The third-order valence-electron chi connectivity index (χ3n) is 17.1. The Kier molecular flexibility index (Phi) is 71.2. The molecule has 0 heterocycles. The van der Waals surface area contributed by atoms with E-state index in [0.717, 1.165) is 141 Å². The molecule has 0 aromatic rings. The van der Waals surface area contributed by atoms with Crippen molar-refractivity contribution >= 4 is 39.5 Å². The van der Waals surface area contributed by atoms with Crippen molar-refractivity contribution in [3.8, 4) is 0 Å². The van der Waals surface area contributed by atoms with E-state index in [1.165, 1.54) is 135 Å². The number of aliphatic hydroxyl groups is 1. The molecular formula is C81H146O17P2. The molecule has 5 atom stereocenters. The number of rotatable bonds is 76. The number of esters is 4. The van der Waals surface area contributed by atoms with Crippen molar-refractivity contribution in [3.63, 3.8) is 0 Å². The number of phosphoric acid groups is 2. The molecule has 0 radical (unpaired) electrons. The average molecular weight is 1450 g/mol. The fraction of sp³-hybridized carbons (Fsp3) is 0.802. The molecule has 0 aromatic heterocycles. The van der Waals surface area contributed by atoms with Crippen LogP contribution in [0.2, 0.25) is 0 Å². The van der Waals surface area contributed by atoms with Gasteiger partial charge in [-0.1, -0.05) is 293 Å². The summed E-state index contributed by atoms with van der Waals surface area (Å²) in [5.74, 6) is -2.22. The summed E-state index contributed by atoms with van der Waals surface area (Å²) in [5.41, 5.74) is 0. The number of unbranched alkanes of at least 4 members (excludes halogenated alkanes) is 38. The van der Waals surface area contributed by atoms with Gasteiger partial charge in [0.1, 0.15) is 19.3 Å². The first-order valence-corrected chi connectivity index (χ1v) is 43.2. The first-order valence-electron chi connectivity index (χ1n) is 40.2. The summed E-state index contributed by atoms with van der Waals surface area (Å²) in [6, 6.07) is 0.